The molecule has 0 unspecified atom stereocenters. The van der Waals surface area contributed by atoms with Crippen molar-refractivity contribution in [3.05, 3.63) is 54.0 Å². The number of nitrogens with one attached hydrogen (secondary N) is 2. The molecule has 0 aliphatic carbocycles. The zero-order chi connectivity index (χ0) is 13.1. The van der Waals surface area contributed by atoms with Gasteiger partial charge in [0.2, 0.25) is 0 Å². The van der Waals surface area contributed by atoms with Crippen LogP contribution in [0.2, 0.25) is 0 Å². The monoisotopic (exact) mass is 254 g/mol. The van der Waals surface area contributed by atoms with Gasteiger partial charge in [0.1, 0.15) is 0 Å². The summed E-state index contributed by atoms with van der Waals surface area (Å²) in [7, 11) is 1.95. The zero-order valence-electron chi connectivity index (χ0n) is 11.1. The maximum absolute atomic E-state index is 4.37. The molecule has 19 heavy (non-hydrogen) atoms. The second kappa shape index (κ2) is 5.28. The van der Waals surface area contributed by atoms with E-state index < -0.39 is 0 Å². The van der Waals surface area contributed by atoms with Crippen LogP contribution in [0.1, 0.15) is 11.3 Å². The third-order valence-corrected chi connectivity index (χ3v) is 3.32. The van der Waals surface area contributed by atoms with Gasteiger partial charge in [-0.05, 0) is 23.1 Å². The Labute approximate surface area is 112 Å². The van der Waals surface area contributed by atoms with Gasteiger partial charge in [0, 0.05) is 44.5 Å². The molecule has 0 aliphatic heterocycles. The highest BCUT2D eigenvalue weighted by Crippen LogP contribution is 2.16. The van der Waals surface area contributed by atoms with E-state index in [0.717, 1.165) is 25.2 Å². The molecule has 3 aromatic rings. The first-order valence-corrected chi connectivity index (χ1v) is 6.57. The molecule has 0 radical (unpaired) electrons. The first-order chi connectivity index (χ1) is 9.33. The lowest BCUT2D eigenvalue weighted by Gasteiger charge is -2.05. The molecule has 3 rings (SSSR count). The number of aromatic amines is 1. The van der Waals surface area contributed by atoms with E-state index in [0.29, 0.717) is 0 Å². The van der Waals surface area contributed by atoms with E-state index in [-0.39, 0.29) is 0 Å². The molecule has 0 saturated carbocycles. The van der Waals surface area contributed by atoms with E-state index in [9.17, 15) is 0 Å². The molecule has 2 heterocycles. The molecule has 1 aromatic carbocycles. The molecule has 0 fully saturated rings. The maximum atomic E-state index is 4.37. The first kappa shape index (κ1) is 12.0. The number of aromatic nitrogens is 3. The van der Waals surface area contributed by atoms with Gasteiger partial charge in [0.25, 0.3) is 0 Å². The summed E-state index contributed by atoms with van der Waals surface area (Å²) < 4.78 is 1.84. The fourth-order valence-corrected chi connectivity index (χ4v) is 2.33. The lowest BCUT2D eigenvalue weighted by atomic mass is 10.1. The van der Waals surface area contributed by atoms with Crippen molar-refractivity contribution in [1.29, 1.82) is 0 Å². The number of fused-ring (bicyclic) bond motifs is 1. The molecule has 4 nitrogen and oxygen atoms in total. The molecule has 4 heteroatoms. The number of nitrogens with zero attached hydrogens (tertiary/aromatic N) is 2. The Bertz CT molecular complexity index is 665. The summed E-state index contributed by atoms with van der Waals surface area (Å²) in [4.78, 5) is 3.29. The number of benzene rings is 1. The van der Waals surface area contributed by atoms with Crippen molar-refractivity contribution in [3.8, 4) is 0 Å². The summed E-state index contributed by atoms with van der Waals surface area (Å²) in [5.41, 5.74) is 3.67. The van der Waals surface area contributed by atoms with Gasteiger partial charge in [-0.3, -0.25) is 4.68 Å². The molecule has 98 valence electrons. The molecule has 0 saturated heterocycles. The van der Waals surface area contributed by atoms with Gasteiger partial charge in [0.15, 0.2) is 0 Å². The Morgan fingerprint density at radius 2 is 2.21 bits per heavy atom. The van der Waals surface area contributed by atoms with Crippen LogP contribution in [0.5, 0.6) is 0 Å². The standard InChI is InChI=1S/C15H18N4/c1-19-10-7-14(18-19)6-8-16-11-13-4-2-3-12-5-9-17-15(12)13/h2-5,7,9-10,16-17H,6,8,11H2,1H3. The van der Waals surface area contributed by atoms with Gasteiger partial charge in [-0.2, -0.15) is 5.10 Å². The van der Waals surface area contributed by atoms with Crippen LogP contribution in [0, 0.1) is 0 Å². The second-order valence-corrected chi connectivity index (χ2v) is 4.77. The zero-order valence-corrected chi connectivity index (χ0v) is 11.1. The summed E-state index contributed by atoms with van der Waals surface area (Å²) in [6.45, 7) is 1.82. The van der Waals surface area contributed by atoms with Crippen LogP contribution in [0.15, 0.2) is 42.7 Å². The first-order valence-electron chi connectivity index (χ1n) is 6.57. The lowest BCUT2D eigenvalue weighted by Crippen LogP contribution is -2.17. The predicted molar refractivity (Wildman–Crippen MR) is 76.9 cm³/mol. The van der Waals surface area contributed by atoms with Crippen molar-refractivity contribution in [2.75, 3.05) is 6.54 Å². The minimum Gasteiger partial charge on any atom is -0.361 e. The summed E-state index contributed by atoms with van der Waals surface area (Å²) in [5, 5.41) is 9.11. The van der Waals surface area contributed by atoms with E-state index >= 15 is 0 Å². The van der Waals surface area contributed by atoms with Crippen molar-refractivity contribution in [3.63, 3.8) is 0 Å². The van der Waals surface area contributed by atoms with Crippen molar-refractivity contribution < 1.29 is 0 Å². The lowest BCUT2D eigenvalue weighted by molar-refractivity contribution is 0.667. The molecule has 2 aromatic heterocycles. The predicted octanol–water partition coefficient (Wildman–Crippen LogP) is 2.23. The summed E-state index contributed by atoms with van der Waals surface area (Å²) in [6, 6.07) is 10.6. The molecular formula is C15H18N4. The van der Waals surface area contributed by atoms with Crippen molar-refractivity contribution in [1.82, 2.24) is 20.1 Å². The van der Waals surface area contributed by atoms with Gasteiger partial charge in [-0.15, -0.1) is 0 Å². The molecular weight excluding hydrogens is 236 g/mol. The van der Waals surface area contributed by atoms with Gasteiger partial charge < -0.3 is 10.3 Å². The smallest absolute Gasteiger partial charge is 0.0637 e. The van der Waals surface area contributed by atoms with E-state index in [2.05, 4.69) is 45.7 Å². The number of hydrogen-bond acceptors (Lipinski definition) is 2. The number of hydrogen-bond donors (Lipinski definition) is 2. The Morgan fingerprint density at radius 1 is 1.26 bits per heavy atom. The average Bonchev–Trinajstić information content (AvgIpc) is 3.03. The largest absolute Gasteiger partial charge is 0.361 e. The minimum absolute atomic E-state index is 0.880. The maximum Gasteiger partial charge on any atom is 0.0637 e. The highest BCUT2D eigenvalue weighted by molar-refractivity contribution is 5.82. The van der Waals surface area contributed by atoms with Crippen LogP contribution < -0.4 is 5.32 Å². The quantitative estimate of drug-likeness (QED) is 0.686. The third-order valence-electron chi connectivity index (χ3n) is 3.32. The van der Waals surface area contributed by atoms with Crippen molar-refractivity contribution >= 4 is 10.9 Å². The van der Waals surface area contributed by atoms with Crippen LogP contribution in [-0.4, -0.2) is 21.3 Å². The molecule has 0 aliphatic rings. The molecule has 0 atom stereocenters. The summed E-state index contributed by atoms with van der Waals surface area (Å²) in [5.74, 6) is 0. The molecule has 0 amide bonds. The van der Waals surface area contributed by atoms with Crippen molar-refractivity contribution in [2.24, 2.45) is 7.05 Å². The fraction of sp³-hybridized carbons (Fsp3) is 0.267. The van der Waals surface area contributed by atoms with Crippen LogP contribution in [0.4, 0.5) is 0 Å². The minimum atomic E-state index is 0.880. The highest BCUT2D eigenvalue weighted by Gasteiger charge is 2.01. The number of para-hydroxylation sites is 1. The normalized spacial score (nSPS) is 11.2. The topological polar surface area (TPSA) is 45.6 Å². The second-order valence-electron chi connectivity index (χ2n) is 4.77. The fourth-order valence-electron chi connectivity index (χ4n) is 2.33. The van der Waals surface area contributed by atoms with Crippen LogP contribution in [0.25, 0.3) is 10.9 Å². The average molecular weight is 254 g/mol. The van der Waals surface area contributed by atoms with Gasteiger partial charge in [0.05, 0.1) is 5.69 Å². The Hall–Kier alpha value is -2.07. The van der Waals surface area contributed by atoms with Crippen LogP contribution in [0.3, 0.4) is 0 Å². The molecule has 2 N–H and O–H groups in total. The van der Waals surface area contributed by atoms with Crippen LogP contribution >= 0.6 is 0 Å². The molecule has 0 bridgehead atoms. The van der Waals surface area contributed by atoms with E-state index in [1.54, 1.807) is 0 Å². The van der Waals surface area contributed by atoms with Gasteiger partial charge in [-0.25, -0.2) is 0 Å². The SMILES string of the molecule is Cn1ccc(CCNCc2cccc3cc[nH]c23)n1. The van der Waals surface area contributed by atoms with E-state index in [4.69, 9.17) is 0 Å². The number of rotatable bonds is 5. The number of H-pyrrole nitrogens is 1. The summed E-state index contributed by atoms with van der Waals surface area (Å²) in [6.07, 6.45) is 4.93. The van der Waals surface area contributed by atoms with Gasteiger partial charge in [-0.1, -0.05) is 18.2 Å². The van der Waals surface area contributed by atoms with Gasteiger partial charge >= 0.3 is 0 Å². The Morgan fingerprint density at radius 3 is 3.05 bits per heavy atom. The Balaban J connectivity index is 1.56. The number of aryl methyl sites for hydroxylation is 1. The highest BCUT2D eigenvalue weighted by atomic mass is 15.2. The van der Waals surface area contributed by atoms with E-state index in [1.165, 1.54) is 16.5 Å². The van der Waals surface area contributed by atoms with Crippen LogP contribution in [-0.2, 0) is 20.0 Å². The summed E-state index contributed by atoms with van der Waals surface area (Å²) >= 11 is 0. The molecule has 0 spiro atoms. The Kier molecular flexibility index (Phi) is 3.33. The van der Waals surface area contributed by atoms with E-state index in [1.807, 2.05) is 24.1 Å². The van der Waals surface area contributed by atoms with Crippen molar-refractivity contribution in [2.45, 2.75) is 13.0 Å². The third kappa shape index (κ3) is 2.69.